The van der Waals surface area contributed by atoms with Crippen LogP contribution in [0.1, 0.15) is 51.8 Å². The van der Waals surface area contributed by atoms with E-state index in [1.807, 2.05) is 52.0 Å². The van der Waals surface area contributed by atoms with Crippen LogP contribution in [0.4, 0.5) is 5.69 Å². The first-order valence-electron chi connectivity index (χ1n) is 10.5. The second kappa shape index (κ2) is 10.7. The van der Waals surface area contributed by atoms with Crippen molar-refractivity contribution in [3.63, 3.8) is 0 Å². The van der Waals surface area contributed by atoms with Gasteiger partial charge in [-0.1, -0.05) is 45.0 Å². The number of amides is 1. The van der Waals surface area contributed by atoms with Crippen molar-refractivity contribution in [2.45, 2.75) is 58.0 Å². The third kappa shape index (κ3) is 5.90. The lowest BCUT2D eigenvalue weighted by Gasteiger charge is -2.21. The van der Waals surface area contributed by atoms with Crippen LogP contribution < -0.4 is 10.6 Å². The van der Waals surface area contributed by atoms with Crippen LogP contribution in [0.15, 0.2) is 53.4 Å². The first-order valence-corrected chi connectivity index (χ1v) is 11.9. The van der Waals surface area contributed by atoms with E-state index in [1.54, 1.807) is 24.3 Å². The van der Waals surface area contributed by atoms with E-state index in [0.29, 0.717) is 13.1 Å². The van der Waals surface area contributed by atoms with Gasteiger partial charge >= 0.3 is 0 Å². The second-order valence-electron chi connectivity index (χ2n) is 7.31. The molecule has 0 bridgehead atoms. The molecule has 0 saturated carbocycles. The van der Waals surface area contributed by atoms with Crippen LogP contribution in [-0.4, -0.2) is 37.8 Å². The Kier molecular flexibility index (Phi) is 8.58. The lowest BCUT2D eigenvalue weighted by atomic mass is 10.1. The molecule has 0 heterocycles. The number of benzene rings is 2. The molecule has 2 aromatic rings. The largest absolute Gasteiger partial charge is 0.325 e. The van der Waals surface area contributed by atoms with Gasteiger partial charge in [-0.2, -0.15) is 4.31 Å². The van der Waals surface area contributed by atoms with E-state index in [0.717, 1.165) is 17.7 Å². The summed E-state index contributed by atoms with van der Waals surface area (Å²) in [4.78, 5) is 12.8. The van der Waals surface area contributed by atoms with Crippen LogP contribution in [0.25, 0.3) is 0 Å². The number of carbonyl (C=O) groups excluding carboxylic acids is 1. The predicted molar refractivity (Wildman–Crippen MR) is 122 cm³/mol. The monoisotopic (exact) mass is 431 g/mol. The summed E-state index contributed by atoms with van der Waals surface area (Å²) < 4.78 is 26.7. The Bertz CT molecular complexity index is 921. The Morgan fingerprint density at radius 2 is 1.50 bits per heavy atom. The minimum Gasteiger partial charge on any atom is -0.325 e. The predicted octanol–water partition coefficient (Wildman–Crippen LogP) is 3.96. The fraction of sp³-hybridized carbons (Fsp3) is 0.435. The van der Waals surface area contributed by atoms with Gasteiger partial charge < -0.3 is 5.32 Å². The van der Waals surface area contributed by atoms with Gasteiger partial charge in [-0.05, 0) is 55.7 Å². The summed E-state index contributed by atoms with van der Waals surface area (Å²) >= 11 is 0. The number of anilines is 1. The molecule has 2 atom stereocenters. The fourth-order valence-corrected chi connectivity index (χ4v) is 4.72. The summed E-state index contributed by atoms with van der Waals surface area (Å²) in [5, 5.41) is 6.19. The summed E-state index contributed by atoms with van der Waals surface area (Å²) in [5.74, 6) is -0.119. The SMILES string of the molecule is CCc1ccc(NC(=O)C(C)NC(C)c2ccc(S(=O)(=O)N(CC)CC)cc2)cc1. The van der Waals surface area contributed by atoms with Gasteiger partial charge in [0.1, 0.15) is 0 Å². The topological polar surface area (TPSA) is 78.5 Å². The summed E-state index contributed by atoms with van der Waals surface area (Å²) in [6.45, 7) is 10.4. The Labute approximate surface area is 180 Å². The van der Waals surface area contributed by atoms with Gasteiger partial charge in [0.15, 0.2) is 0 Å². The lowest BCUT2D eigenvalue weighted by molar-refractivity contribution is -0.117. The summed E-state index contributed by atoms with van der Waals surface area (Å²) in [6, 6.07) is 14.1. The Hall–Kier alpha value is -2.22. The molecule has 0 aliphatic heterocycles. The highest BCUT2D eigenvalue weighted by Crippen LogP contribution is 2.20. The zero-order chi connectivity index (χ0) is 22.3. The number of nitrogens with zero attached hydrogens (tertiary/aromatic N) is 1. The fourth-order valence-electron chi connectivity index (χ4n) is 3.26. The van der Waals surface area contributed by atoms with Crippen molar-refractivity contribution in [1.82, 2.24) is 9.62 Å². The molecule has 0 fully saturated rings. The van der Waals surface area contributed by atoms with Gasteiger partial charge in [0.05, 0.1) is 10.9 Å². The number of hydrogen-bond donors (Lipinski definition) is 2. The van der Waals surface area contributed by atoms with Crippen molar-refractivity contribution in [2.75, 3.05) is 18.4 Å². The minimum absolute atomic E-state index is 0.113. The maximum atomic E-state index is 12.6. The smallest absolute Gasteiger partial charge is 0.243 e. The maximum absolute atomic E-state index is 12.6. The summed E-state index contributed by atoms with van der Waals surface area (Å²) in [5.41, 5.74) is 2.91. The van der Waals surface area contributed by atoms with Crippen LogP contribution in [0.5, 0.6) is 0 Å². The van der Waals surface area contributed by atoms with Crippen LogP contribution >= 0.6 is 0 Å². The average molecular weight is 432 g/mol. The van der Waals surface area contributed by atoms with Crippen molar-refractivity contribution in [3.8, 4) is 0 Å². The number of aryl methyl sites for hydroxylation is 1. The highest BCUT2D eigenvalue weighted by Gasteiger charge is 2.22. The molecule has 0 aliphatic rings. The number of nitrogens with one attached hydrogen (secondary N) is 2. The van der Waals surface area contributed by atoms with E-state index in [9.17, 15) is 13.2 Å². The van der Waals surface area contributed by atoms with E-state index in [1.165, 1.54) is 9.87 Å². The molecule has 2 aromatic carbocycles. The Balaban J connectivity index is 2.00. The van der Waals surface area contributed by atoms with Crippen molar-refractivity contribution in [2.24, 2.45) is 0 Å². The van der Waals surface area contributed by atoms with Crippen LogP contribution in [0.2, 0.25) is 0 Å². The molecule has 2 unspecified atom stereocenters. The van der Waals surface area contributed by atoms with Gasteiger partial charge in [0.2, 0.25) is 15.9 Å². The average Bonchev–Trinajstić information content (AvgIpc) is 2.75. The van der Waals surface area contributed by atoms with E-state index in [4.69, 9.17) is 0 Å². The Morgan fingerprint density at radius 3 is 2.00 bits per heavy atom. The van der Waals surface area contributed by atoms with Gasteiger partial charge in [-0.15, -0.1) is 0 Å². The molecule has 0 aliphatic carbocycles. The molecule has 0 spiro atoms. The standard InChI is InChI=1S/C23H33N3O3S/c1-6-19-9-13-21(14-10-19)25-23(27)18(5)24-17(4)20-11-15-22(16-12-20)30(28,29)26(7-2)8-3/h9-18,24H,6-8H2,1-5H3,(H,25,27). The van der Waals surface area contributed by atoms with E-state index in [-0.39, 0.29) is 16.8 Å². The highest BCUT2D eigenvalue weighted by molar-refractivity contribution is 7.89. The number of rotatable bonds is 10. The highest BCUT2D eigenvalue weighted by atomic mass is 32.2. The molecule has 2 N–H and O–H groups in total. The van der Waals surface area contributed by atoms with Gasteiger partial charge in [-0.25, -0.2) is 8.42 Å². The van der Waals surface area contributed by atoms with E-state index < -0.39 is 16.1 Å². The molecule has 2 rings (SSSR count). The molecule has 7 heteroatoms. The van der Waals surface area contributed by atoms with E-state index in [2.05, 4.69) is 17.6 Å². The Morgan fingerprint density at radius 1 is 0.933 bits per heavy atom. The molecule has 30 heavy (non-hydrogen) atoms. The minimum atomic E-state index is -3.47. The summed E-state index contributed by atoms with van der Waals surface area (Å²) in [6.07, 6.45) is 0.957. The van der Waals surface area contributed by atoms with Crippen molar-refractivity contribution < 1.29 is 13.2 Å². The second-order valence-corrected chi connectivity index (χ2v) is 9.25. The van der Waals surface area contributed by atoms with E-state index >= 15 is 0 Å². The van der Waals surface area contributed by atoms with Gasteiger partial charge in [0.25, 0.3) is 0 Å². The molecule has 1 amide bonds. The van der Waals surface area contributed by atoms with Gasteiger partial charge in [-0.3, -0.25) is 10.1 Å². The molecular weight excluding hydrogens is 398 g/mol. The molecule has 6 nitrogen and oxygen atoms in total. The lowest BCUT2D eigenvalue weighted by Crippen LogP contribution is -2.39. The molecule has 164 valence electrons. The normalized spacial score (nSPS) is 13.8. The molecule has 0 saturated heterocycles. The third-order valence-electron chi connectivity index (χ3n) is 5.25. The van der Waals surface area contributed by atoms with Crippen molar-refractivity contribution >= 4 is 21.6 Å². The van der Waals surface area contributed by atoms with Crippen LogP contribution in [-0.2, 0) is 21.2 Å². The number of carbonyl (C=O) groups is 1. The van der Waals surface area contributed by atoms with Crippen molar-refractivity contribution in [1.29, 1.82) is 0 Å². The first kappa shape index (κ1) is 24.1. The summed E-state index contributed by atoms with van der Waals surface area (Å²) in [7, 11) is -3.47. The molecular formula is C23H33N3O3S. The zero-order valence-electron chi connectivity index (χ0n) is 18.5. The molecule has 0 radical (unpaired) electrons. The van der Waals surface area contributed by atoms with Crippen molar-refractivity contribution in [3.05, 3.63) is 59.7 Å². The maximum Gasteiger partial charge on any atom is 0.243 e. The quantitative estimate of drug-likeness (QED) is 0.597. The van der Waals surface area contributed by atoms with Crippen LogP contribution in [0, 0.1) is 0 Å². The zero-order valence-corrected chi connectivity index (χ0v) is 19.3. The molecule has 0 aromatic heterocycles. The first-order chi connectivity index (χ1) is 14.2. The number of sulfonamides is 1. The van der Waals surface area contributed by atoms with Gasteiger partial charge in [0, 0.05) is 24.8 Å². The third-order valence-corrected chi connectivity index (χ3v) is 7.31. The number of hydrogen-bond acceptors (Lipinski definition) is 4. The van der Waals surface area contributed by atoms with Crippen LogP contribution in [0.3, 0.4) is 0 Å².